The van der Waals surface area contributed by atoms with E-state index in [0.29, 0.717) is 30.1 Å². The summed E-state index contributed by atoms with van der Waals surface area (Å²) in [6.07, 6.45) is 5.07. The zero-order chi connectivity index (χ0) is 28.5. The van der Waals surface area contributed by atoms with Crippen LogP contribution >= 0.6 is 0 Å². The molecule has 1 aromatic carbocycles. The van der Waals surface area contributed by atoms with E-state index in [9.17, 15) is 9.59 Å². The van der Waals surface area contributed by atoms with Gasteiger partial charge in [-0.15, -0.1) is 0 Å². The third-order valence-corrected chi connectivity index (χ3v) is 7.59. The molecule has 0 unspecified atom stereocenters. The third-order valence-electron chi connectivity index (χ3n) is 7.59. The first kappa shape index (κ1) is 27.4. The van der Waals surface area contributed by atoms with E-state index in [1.54, 1.807) is 20.4 Å². The summed E-state index contributed by atoms with van der Waals surface area (Å²) in [7, 11) is 3.26. The van der Waals surface area contributed by atoms with Crippen LogP contribution in [0, 0.1) is 5.41 Å². The van der Waals surface area contributed by atoms with Crippen molar-refractivity contribution in [3.63, 3.8) is 0 Å². The molecule has 0 radical (unpaired) electrons. The Morgan fingerprint density at radius 2 is 1.82 bits per heavy atom. The summed E-state index contributed by atoms with van der Waals surface area (Å²) in [5, 5.41) is 6.13. The van der Waals surface area contributed by atoms with E-state index in [1.165, 1.54) is 0 Å². The maximum Gasteiger partial charge on any atom is 0.410 e. The standard InChI is InChI=1S/C30H38N6O4/c1-29(2,3)40-28(38)35-14-11-30(12-15-35)18-36(19-30)25-10-6-8-22(26(25)39-5)34-23-16-24(21-9-7-13-32-21)33-17-20(23)27(37)31-4/h6-10,13,16-17,32H,11-12,14-15,18-19H2,1-5H3,(H,31,37)(H,33,34). The molecule has 0 saturated carbocycles. The smallest absolute Gasteiger partial charge is 0.410 e. The van der Waals surface area contributed by atoms with Gasteiger partial charge in [-0.2, -0.15) is 0 Å². The molecular weight excluding hydrogens is 508 g/mol. The van der Waals surface area contributed by atoms with Crippen molar-refractivity contribution in [2.75, 3.05) is 50.6 Å². The highest BCUT2D eigenvalue weighted by molar-refractivity contribution is 6.00. The van der Waals surface area contributed by atoms with E-state index < -0.39 is 5.60 Å². The van der Waals surface area contributed by atoms with E-state index in [4.69, 9.17) is 9.47 Å². The highest BCUT2D eigenvalue weighted by atomic mass is 16.6. The summed E-state index contributed by atoms with van der Waals surface area (Å²) in [6.45, 7) is 8.88. The van der Waals surface area contributed by atoms with E-state index >= 15 is 0 Å². The molecule has 5 rings (SSSR count). The number of piperidine rings is 1. The van der Waals surface area contributed by atoms with Crippen molar-refractivity contribution in [3.05, 3.63) is 54.4 Å². The number of likely N-dealkylation sites (tertiary alicyclic amines) is 1. The molecule has 2 saturated heterocycles. The Hall–Kier alpha value is -4.21. The average molecular weight is 547 g/mol. The van der Waals surface area contributed by atoms with Gasteiger partial charge in [-0.25, -0.2) is 4.79 Å². The number of benzene rings is 1. The molecule has 2 aliphatic heterocycles. The zero-order valence-corrected chi connectivity index (χ0v) is 23.8. The van der Waals surface area contributed by atoms with Crippen LogP contribution in [0.15, 0.2) is 48.8 Å². The lowest BCUT2D eigenvalue weighted by Gasteiger charge is -2.55. The number of H-pyrrole nitrogens is 1. The second kappa shape index (κ2) is 10.7. The van der Waals surface area contributed by atoms with Gasteiger partial charge in [-0.05, 0) is 63.9 Å². The number of aromatic amines is 1. The number of hydrogen-bond acceptors (Lipinski definition) is 7. The van der Waals surface area contributed by atoms with Gasteiger partial charge >= 0.3 is 6.09 Å². The molecule has 40 heavy (non-hydrogen) atoms. The zero-order valence-electron chi connectivity index (χ0n) is 23.8. The van der Waals surface area contributed by atoms with E-state index in [-0.39, 0.29) is 17.4 Å². The van der Waals surface area contributed by atoms with Crippen molar-refractivity contribution in [3.8, 4) is 17.1 Å². The predicted molar refractivity (Wildman–Crippen MR) is 155 cm³/mol. The molecular formula is C30H38N6O4. The minimum atomic E-state index is -0.490. The number of aromatic nitrogens is 2. The van der Waals surface area contributed by atoms with E-state index in [2.05, 4.69) is 31.6 Å². The van der Waals surface area contributed by atoms with Gasteiger partial charge < -0.3 is 34.9 Å². The number of ether oxygens (including phenoxy) is 2. The van der Waals surface area contributed by atoms with Crippen LogP contribution in [0.1, 0.15) is 44.0 Å². The fraction of sp³-hybridized carbons (Fsp3) is 0.433. The SMILES string of the molecule is CNC(=O)c1cnc(-c2ccc[nH]2)cc1Nc1cccc(N2CC3(CCN(C(=O)OC(C)(C)C)CC3)C2)c1OC. The van der Waals surface area contributed by atoms with Crippen LogP contribution in [0.2, 0.25) is 0 Å². The first-order valence-electron chi connectivity index (χ1n) is 13.6. The molecule has 3 N–H and O–H groups in total. The Balaban J connectivity index is 1.32. The molecule has 1 spiro atoms. The number of anilines is 3. The van der Waals surface area contributed by atoms with Gasteiger partial charge in [0.05, 0.1) is 41.1 Å². The summed E-state index contributed by atoms with van der Waals surface area (Å²) < 4.78 is 11.5. The van der Waals surface area contributed by atoms with Gasteiger partial charge in [0.1, 0.15) is 5.60 Å². The Kier molecular flexibility index (Phi) is 7.35. The fourth-order valence-electron chi connectivity index (χ4n) is 5.48. The predicted octanol–water partition coefficient (Wildman–Crippen LogP) is 5.03. The van der Waals surface area contributed by atoms with Crippen LogP contribution in [0.5, 0.6) is 5.75 Å². The average Bonchev–Trinajstić information content (AvgIpc) is 3.45. The number of hydrogen-bond donors (Lipinski definition) is 3. The number of nitrogens with one attached hydrogen (secondary N) is 3. The molecule has 4 heterocycles. The van der Waals surface area contributed by atoms with Crippen molar-refractivity contribution < 1.29 is 19.1 Å². The molecule has 212 valence electrons. The molecule has 2 aromatic heterocycles. The summed E-state index contributed by atoms with van der Waals surface area (Å²) in [5.74, 6) is 0.482. The number of nitrogens with zero attached hydrogens (tertiary/aromatic N) is 3. The minimum absolute atomic E-state index is 0.176. The Labute approximate surface area is 235 Å². The highest BCUT2D eigenvalue weighted by Gasteiger charge is 2.46. The van der Waals surface area contributed by atoms with Crippen LogP contribution in [0.4, 0.5) is 21.9 Å². The number of methoxy groups -OCH3 is 1. The van der Waals surface area contributed by atoms with Gasteiger partial charge in [0.15, 0.2) is 5.75 Å². The van der Waals surface area contributed by atoms with Gasteiger partial charge in [0.2, 0.25) is 0 Å². The van der Waals surface area contributed by atoms with Crippen LogP contribution < -0.4 is 20.3 Å². The van der Waals surface area contributed by atoms with Crippen molar-refractivity contribution in [2.45, 2.75) is 39.2 Å². The Morgan fingerprint density at radius 3 is 2.45 bits per heavy atom. The topological polar surface area (TPSA) is 112 Å². The Bertz CT molecular complexity index is 1370. The van der Waals surface area contributed by atoms with Crippen LogP contribution in [-0.4, -0.2) is 72.8 Å². The number of carbonyl (C=O) groups is 2. The summed E-state index contributed by atoms with van der Waals surface area (Å²) in [5.41, 5.74) is 4.08. The fourth-order valence-corrected chi connectivity index (χ4v) is 5.48. The second-order valence-corrected chi connectivity index (χ2v) is 11.6. The summed E-state index contributed by atoms with van der Waals surface area (Å²) in [4.78, 5) is 36.9. The number of para-hydroxylation sites is 1. The third kappa shape index (κ3) is 5.57. The van der Waals surface area contributed by atoms with Crippen LogP contribution in [-0.2, 0) is 4.74 Å². The first-order chi connectivity index (χ1) is 19.1. The largest absolute Gasteiger partial charge is 0.492 e. The Morgan fingerprint density at radius 1 is 1.07 bits per heavy atom. The lowest BCUT2D eigenvalue weighted by Crippen LogP contribution is -2.61. The number of pyridine rings is 1. The van der Waals surface area contributed by atoms with Crippen LogP contribution in [0.3, 0.4) is 0 Å². The molecule has 0 aliphatic carbocycles. The van der Waals surface area contributed by atoms with E-state index in [1.807, 2.05) is 62.2 Å². The normalized spacial score (nSPS) is 16.3. The number of rotatable bonds is 6. The number of amides is 2. The minimum Gasteiger partial charge on any atom is -0.492 e. The van der Waals surface area contributed by atoms with Crippen molar-refractivity contribution >= 4 is 29.1 Å². The highest BCUT2D eigenvalue weighted by Crippen LogP contribution is 2.47. The van der Waals surface area contributed by atoms with Gasteiger partial charge in [0.25, 0.3) is 5.91 Å². The monoisotopic (exact) mass is 546 g/mol. The quantitative estimate of drug-likeness (QED) is 0.398. The number of carbonyl (C=O) groups excluding carboxylic acids is 2. The van der Waals surface area contributed by atoms with Crippen molar-refractivity contribution in [2.24, 2.45) is 5.41 Å². The van der Waals surface area contributed by atoms with Crippen molar-refractivity contribution in [1.29, 1.82) is 0 Å². The lowest BCUT2D eigenvalue weighted by atomic mass is 9.72. The van der Waals surface area contributed by atoms with Gasteiger partial charge in [0, 0.05) is 51.0 Å². The molecule has 0 atom stereocenters. The van der Waals surface area contributed by atoms with E-state index in [0.717, 1.165) is 48.7 Å². The molecule has 10 nitrogen and oxygen atoms in total. The van der Waals surface area contributed by atoms with Crippen molar-refractivity contribution in [1.82, 2.24) is 20.2 Å². The summed E-state index contributed by atoms with van der Waals surface area (Å²) in [6, 6.07) is 11.7. The van der Waals surface area contributed by atoms with Crippen LogP contribution in [0.25, 0.3) is 11.4 Å². The summed E-state index contributed by atoms with van der Waals surface area (Å²) >= 11 is 0. The maximum absolute atomic E-state index is 12.6. The van der Waals surface area contributed by atoms with Gasteiger partial charge in [-0.1, -0.05) is 6.07 Å². The molecule has 3 aromatic rings. The lowest BCUT2D eigenvalue weighted by molar-refractivity contribution is 0.00594. The molecule has 2 aliphatic rings. The van der Waals surface area contributed by atoms with Gasteiger partial charge in [-0.3, -0.25) is 9.78 Å². The maximum atomic E-state index is 12.6. The molecule has 10 heteroatoms. The second-order valence-electron chi connectivity index (χ2n) is 11.6. The molecule has 2 fully saturated rings. The molecule has 2 amide bonds. The molecule has 0 bridgehead atoms. The first-order valence-corrected chi connectivity index (χ1v) is 13.6.